The van der Waals surface area contributed by atoms with E-state index in [1.165, 1.54) is 0 Å². The Hall–Kier alpha value is -4.13. The molecule has 33 heavy (non-hydrogen) atoms. The molecule has 0 fully saturated rings. The van der Waals surface area contributed by atoms with Crippen molar-refractivity contribution in [2.75, 3.05) is 13.2 Å². The maximum atomic E-state index is 13.2. The van der Waals surface area contributed by atoms with E-state index in [-0.39, 0.29) is 5.91 Å². The van der Waals surface area contributed by atoms with E-state index < -0.39 is 6.04 Å². The Morgan fingerprint density at radius 2 is 1.55 bits per heavy atom. The normalized spacial score (nSPS) is 11.6. The SMILES string of the molecule is CCOc1ccc(C(=O)NC(c2ccccc2)c2nnc(-c3ccccc3)o2)cc1OCC. The molecule has 4 aromatic rings. The van der Waals surface area contributed by atoms with Crippen LogP contribution in [0.15, 0.2) is 83.3 Å². The first kappa shape index (κ1) is 22.1. The molecule has 168 valence electrons. The van der Waals surface area contributed by atoms with Gasteiger partial charge >= 0.3 is 0 Å². The Labute approximate surface area is 192 Å². The summed E-state index contributed by atoms with van der Waals surface area (Å²) < 4.78 is 17.2. The average molecular weight is 444 g/mol. The van der Waals surface area contributed by atoms with Crippen LogP contribution in [-0.4, -0.2) is 29.3 Å². The lowest BCUT2D eigenvalue weighted by Gasteiger charge is -2.17. The Morgan fingerprint density at radius 3 is 2.24 bits per heavy atom. The van der Waals surface area contributed by atoms with E-state index in [0.29, 0.717) is 42.1 Å². The van der Waals surface area contributed by atoms with Gasteiger partial charge in [-0.25, -0.2) is 0 Å². The monoisotopic (exact) mass is 443 g/mol. The van der Waals surface area contributed by atoms with E-state index in [2.05, 4.69) is 15.5 Å². The minimum atomic E-state index is -0.620. The quantitative estimate of drug-likeness (QED) is 0.389. The second kappa shape index (κ2) is 10.5. The van der Waals surface area contributed by atoms with E-state index in [4.69, 9.17) is 13.9 Å². The van der Waals surface area contributed by atoms with Crippen molar-refractivity contribution in [2.24, 2.45) is 0 Å². The van der Waals surface area contributed by atoms with Crippen LogP contribution in [-0.2, 0) is 0 Å². The van der Waals surface area contributed by atoms with Crippen LogP contribution in [0, 0.1) is 0 Å². The highest BCUT2D eigenvalue weighted by Gasteiger charge is 2.24. The summed E-state index contributed by atoms with van der Waals surface area (Å²) in [5.41, 5.74) is 2.07. The number of benzene rings is 3. The van der Waals surface area contributed by atoms with Gasteiger partial charge in [0.1, 0.15) is 6.04 Å². The molecule has 1 aromatic heterocycles. The van der Waals surface area contributed by atoms with Crippen molar-refractivity contribution in [3.05, 3.63) is 95.9 Å². The predicted molar refractivity (Wildman–Crippen MR) is 124 cm³/mol. The van der Waals surface area contributed by atoms with E-state index in [1.807, 2.05) is 74.5 Å². The molecule has 0 bridgehead atoms. The van der Waals surface area contributed by atoms with Gasteiger partial charge in [-0.15, -0.1) is 10.2 Å². The van der Waals surface area contributed by atoms with Gasteiger partial charge in [-0.2, -0.15) is 0 Å². The van der Waals surface area contributed by atoms with Crippen molar-refractivity contribution in [2.45, 2.75) is 19.9 Å². The van der Waals surface area contributed by atoms with Gasteiger partial charge in [0.05, 0.1) is 13.2 Å². The Morgan fingerprint density at radius 1 is 0.879 bits per heavy atom. The number of nitrogens with zero attached hydrogens (tertiary/aromatic N) is 2. The fourth-order valence-corrected chi connectivity index (χ4v) is 3.39. The molecule has 3 aromatic carbocycles. The van der Waals surface area contributed by atoms with E-state index in [1.54, 1.807) is 18.2 Å². The summed E-state index contributed by atoms with van der Waals surface area (Å²) in [6.45, 7) is 4.74. The van der Waals surface area contributed by atoms with Crippen molar-refractivity contribution in [1.29, 1.82) is 0 Å². The lowest BCUT2D eigenvalue weighted by atomic mass is 10.1. The molecule has 0 spiro atoms. The van der Waals surface area contributed by atoms with Crippen molar-refractivity contribution in [3.63, 3.8) is 0 Å². The maximum absolute atomic E-state index is 13.2. The molecule has 0 aliphatic heterocycles. The highest BCUT2D eigenvalue weighted by Crippen LogP contribution is 2.30. The summed E-state index contributed by atoms with van der Waals surface area (Å²) in [6, 6.07) is 23.5. The van der Waals surface area contributed by atoms with E-state index >= 15 is 0 Å². The first-order valence-electron chi connectivity index (χ1n) is 10.8. The van der Waals surface area contributed by atoms with Crippen LogP contribution >= 0.6 is 0 Å². The van der Waals surface area contributed by atoms with Crippen LogP contribution in [0.1, 0.15) is 41.7 Å². The zero-order valence-electron chi connectivity index (χ0n) is 18.5. The highest BCUT2D eigenvalue weighted by atomic mass is 16.5. The second-order valence-electron chi connectivity index (χ2n) is 7.16. The third-order valence-corrected chi connectivity index (χ3v) is 4.92. The smallest absolute Gasteiger partial charge is 0.252 e. The fraction of sp³-hybridized carbons (Fsp3) is 0.192. The zero-order chi connectivity index (χ0) is 23.0. The standard InChI is InChI=1S/C26H25N3O4/c1-3-31-21-16-15-20(17-22(21)32-4-2)24(30)27-23(18-11-7-5-8-12-18)26-29-28-25(33-26)19-13-9-6-10-14-19/h5-17,23H,3-4H2,1-2H3,(H,27,30). The van der Waals surface area contributed by atoms with Crippen LogP contribution in [0.3, 0.4) is 0 Å². The van der Waals surface area contributed by atoms with E-state index in [9.17, 15) is 4.79 Å². The van der Waals surface area contributed by atoms with Gasteiger partial charge in [-0.3, -0.25) is 4.79 Å². The van der Waals surface area contributed by atoms with Gasteiger partial charge in [0, 0.05) is 11.1 Å². The minimum absolute atomic E-state index is 0.296. The first-order chi connectivity index (χ1) is 16.2. The molecule has 1 unspecified atom stereocenters. The molecular weight excluding hydrogens is 418 g/mol. The van der Waals surface area contributed by atoms with Gasteiger partial charge in [0.2, 0.25) is 11.8 Å². The highest BCUT2D eigenvalue weighted by molar-refractivity contribution is 5.95. The largest absolute Gasteiger partial charge is 0.490 e. The number of carbonyl (C=O) groups is 1. The van der Waals surface area contributed by atoms with Gasteiger partial charge in [0.25, 0.3) is 5.91 Å². The number of carbonyl (C=O) groups excluding carboxylic acids is 1. The molecule has 4 rings (SSSR count). The molecule has 1 heterocycles. The van der Waals surface area contributed by atoms with Crippen LogP contribution < -0.4 is 14.8 Å². The van der Waals surface area contributed by atoms with Gasteiger partial charge in [-0.1, -0.05) is 48.5 Å². The number of nitrogens with one attached hydrogen (secondary N) is 1. The van der Waals surface area contributed by atoms with Gasteiger partial charge < -0.3 is 19.2 Å². The number of rotatable bonds is 9. The van der Waals surface area contributed by atoms with Crippen LogP contribution in [0.5, 0.6) is 11.5 Å². The summed E-state index contributed by atoms with van der Waals surface area (Å²) in [4.78, 5) is 13.2. The van der Waals surface area contributed by atoms with Crippen molar-refractivity contribution < 1.29 is 18.7 Å². The fourth-order valence-electron chi connectivity index (χ4n) is 3.39. The van der Waals surface area contributed by atoms with Crippen LogP contribution in [0.25, 0.3) is 11.5 Å². The number of aromatic nitrogens is 2. The van der Waals surface area contributed by atoms with E-state index in [0.717, 1.165) is 11.1 Å². The molecule has 0 aliphatic carbocycles. The Kier molecular flexibility index (Phi) is 6.99. The predicted octanol–water partition coefficient (Wildman–Crippen LogP) is 5.05. The molecule has 0 aliphatic rings. The van der Waals surface area contributed by atoms with Crippen molar-refractivity contribution >= 4 is 5.91 Å². The second-order valence-corrected chi connectivity index (χ2v) is 7.16. The number of ether oxygens (including phenoxy) is 2. The topological polar surface area (TPSA) is 86.5 Å². The maximum Gasteiger partial charge on any atom is 0.252 e. The molecule has 0 radical (unpaired) electrons. The molecule has 1 atom stereocenters. The summed E-state index contributed by atoms with van der Waals surface area (Å²) in [5.74, 6) is 1.50. The lowest BCUT2D eigenvalue weighted by molar-refractivity contribution is 0.0937. The molecule has 0 saturated carbocycles. The summed E-state index contributed by atoms with van der Waals surface area (Å²) in [7, 11) is 0. The van der Waals surface area contributed by atoms with Gasteiger partial charge in [0.15, 0.2) is 11.5 Å². The lowest BCUT2D eigenvalue weighted by Crippen LogP contribution is -2.29. The number of hydrogen-bond acceptors (Lipinski definition) is 6. The summed E-state index contributed by atoms with van der Waals surface area (Å²) in [5, 5.41) is 11.4. The molecule has 1 N–H and O–H groups in total. The average Bonchev–Trinajstić information content (AvgIpc) is 3.35. The Bertz CT molecular complexity index is 1190. The summed E-state index contributed by atoms with van der Waals surface area (Å²) in [6.07, 6.45) is 0. The van der Waals surface area contributed by atoms with Crippen molar-refractivity contribution in [1.82, 2.24) is 15.5 Å². The summed E-state index contributed by atoms with van der Waals surface area (Å²) >= 11 is 0. The first-order valence-corrected chi connectivity index (χ1v) is 10.8. The molecule has 0 saturated heterocycles. The number of amides is 1. The molecule has 1 amide bonds. The van der Waals surface area contributed by atoms with Crippen molar-refractivity contribution in [3.8, 4) is 23.0 Å². The third-order valence-electron chi connectivity index (χ3n) is 4.92. The van der Waals surface area contributed by atoms with Crippen LogP contribution in [0.2, 0.25) is 0 Å². The van der Waals surface area contributed by atoms with Crippen LogP contribution in [0.4, 0.5) is 0 Å². The molecular formula is C26H25N3O4. The third kappa shape index (κ3) is 5.20. The molecule has 7 heteroatoms. The number of hydrogen-bond donors (Lipinski definition) is 1. The minimum Gasteiger partial charge on any atom is -0.490 e. The zero-order valence-corrected chi connectivity index (χ0v) is 18.5. The van der Waals surface area contributed by atoms with Gasteiger partial charge in [-0.05, 0) is 49.7 Å². The molecule has 7 nitrogen and oxygen atoms in total. The Balaban J connectivity index is 1.64.